The first kappa shape index (κ1) is 12.6. The highest BCUT2D eigenvalue weighted by atomic mass is 32.1. The fourth-order valence-corrected chi connectivity index (χ4v) is 1.68. The van der Waals surface area contributed by atoms with E-state index in [1.54, 1.807) is 5.38 Å². The molecule has 0 bridgehead atoms. The highest BCUT2D eigenvalue weighted by Gasteiger charge is 2.17. The smallest absolute Gasteiger partial charge is 0.325 e. The number of methoxy groups -OCH3 is 1. The van der Waals surface area contributed by atoms with Gasteiger partial charge in [-0.3, -0.25) is 9.59 Å². The van der Waals surface area contributed by atoms with Crippen molar-refractivity contribution in [1.82, 2.24) is 9.88 Å². The molecule has 6 nitrogen and oxygen atoms in total. The SMILES string of the molecule is COC(=O)CN(C)C(=O)c1csc(CN)n1. The minimum absolute atomic E-state index is 0.0924. The fraction of sp³-hybridized carbons (Fsp3) is 0.444. The predicted octanol–water partition coefficient (Wildman–Crippen LogP) is -0.153. The van der Waals surface area contributed by atoms with E-state index in [4.69, 9.17) is 5.73 Å². The number of carbonyl (C=O) groups excluding carboxylic acids is 2. The van der Waals surface area contributed by atoms with Gasteiger partial charge in [0.25, 0.3) is 5.91 Å². The molecule has 0 aliphatic heterocycles. The van der Waals surface area contributed by atoms with Crippen LogP contribution in [0.4, 0.5) is 0 Å². The highest BCUT2D eigenvalue weighted by molar-refractivity contribution is 7.09. The molecule has 0 aromatic carbocycles. The Labute approximate surface area is 97.0 Å². The lowest BCUT2D eigenvalue weighted by atomic mass is 10.4. The standard InChI is InChI=1S/C9H13N3O3S/c1-12(4-8(13)15-2)9(14)6-5-16-7(3-10)11-6/h5H,3-4,10H2,1-2H3. The monoisotopic (exact) mass is 243 g/mol. The lowest BCUT2D eigenvalue weighted by Gasteiger charge is -2.13. The Morgan fingerprint density at radius 2 is 2.31 bits per heavy atom. The number of aromatic nitrogens is 1. The third-order valence-electron chi connectivity index (χ3n) is 1.89. The number of hydrogen-bond donors (Lipinski definition) is 1. The van der Waals surface area contributed by atoms with Gasteiger partial charge in [0.05, 0.1) is 7.11 Å². The van der Waals surface area contributed by atoms with Gasteiger partial charge in [0.1, 0.15) is 17.2 Å². The van der Waals surface area contributed by atoms with Crippen LogP contribution in [0.25, 0.3) is 0 Å². The van der Waals surface area contributed by atoms with Crippen LogP contribution in [0.1, 0.15) is 15.5 Å². The summed E-state index contributed by atoms with van der Waals surface area (Å²) in [5, 5.41) is 2.31. The van der Waals surface area contributed by atoms with Crippen LogP contribution in [0.3, 0.4) is 0 Å². The summed E-state index contributed by atoms with van der Waals surface area (Å²) < 4.78 is 4.46. The Kier molecular flexibility index (Phi) is 4.39. The minimum atomic E-state index is -0.467. The minimum Gasteiger partial charge on any atom is -0.468 e. The second-order valence-electron chi connectivity index (χ2n) is 3.07. The number of nitrogens with two attached hydrogens (primary N) is 1. The van der Waals surface area contributed by atoms with Crippen LogP contribution in [-0.2, 0) is 16.1 Å². The third-order valence-corrected chi connectivity index (χ3v) is 2.76. The average Bonchev–Trinajstić information content (AvgIpc) is 2.76. The molecule has 1 aromatic heterocycles. The van der Waals surface area contributed by atoms with Crippen molar-refractivity contribution < 1.29 is 14.3 Å². The number of thiazole rings is 1. The predicted molar refractivity (Wildman–Crippen MR) is 59.0 cm³/mol. The van der Waals surface area contributed by atoms with Gasteiger partial charge in [-0.1, -0.05) is 0 Å². The number of carbonyl (C=O) groups is 2. The quantitative estimate of drug-likeness (QED) is 0.743. The Morgan fingerprint density at radius 1 is 1.62 bits per heavy atom. The van der Waals surface area contributed by atoms with Gasteiger partial charge in [0.15, 0.2) is 0 Å². The van der Waals surface area contributed by atoms with Crippen molar-refractivity contribution in [3.05, 3.63) is 16.1 Å². The van der Waals surface area contributed by atoms with E-state index in [9.17, 15) is 9.59 Å². The Bertz CT molecular complexity index is 391. The number of rotatable bonds is 4. The zero-order valence-electron chi connectivity index (χ0n) is 9.10. The zero-order valence-corrected chi connectivity index (χ0v) is 9.91. The Hall–Kier alpha value is -1.47. The molecule has 16 heavy (non-hydrogen) atoms. The summed E-state index contributed by atoms with van der Waals surface area (Å²) in [7, 11) is 2.79. The largest absolute Gasteiger partial charge is 0.468 e. The third kappa shape index (κ3) is 3.01. The number of ether oxygens (including phenoxy) is 1. The number of amides is 1. The normalized spacial score (nSPS) is 9.94. The maximum Gasteiger partial charge on any atom is 0.325 e. The molecule has 2 N–H and O–H groups in total. The molecule has 0 atom stereocenters. The summed E-state index contributed by atoms with van der Waals surface area (Å²) in [6, 6.07) is 0. The first-order chi connectivity index (χ1) is 7.58. The fourth-order valence-electron chi connectivity index (χ4n) is 1.03. The number of hydrogen-bond acceptors (Lipinski definition) is 6. The van der Waals surface area contributed by atoms with Crippen LogP contribution < -0.4 is 5.73 Å². The van der Waals surface area contributed by atoms with Crippen LogP contribution in [0.5, 0.6) is 0 Å². The Morgan fingerprint density at radius 3 is 2.81 bits per heavy atom. The topological polar surface area (TPSA) is 85.5 Å². The van der Waals surface area contributed by atoms with Crippen LogP contribution >= 0.6 is 11.3 Å². The van der Waals surface area contributed by atoms with Crippen molar-refractivity contribution in [3.8, 4) is 0 Å². The second-order valence-corrected chi connectivity index (χ2v) is 4.01. The molecule has 0 aliphatic rings. The van der Waals surface area contributed by atoms with Crippen molar-refractivity contribution in [2.45, 2.75) is 6.54 Å². The van der Waals surface area contributed by atoms with Gasteiger partial charge >= 0.3 is 5.97 Å². The molecule has 0 aliphatic carbocycles. The van der Waals surface area contributed by atoms with Crippen LogP contribution in [0.2, 0.25) is 0 Å². The first-order valence-electron chi connectivity index (χ1n) is 4.55. The summed E-state index contributed by atoms with van der Waals surface area (Å²) in [6.45, 7) is 0.212. The molecule has 0 fully saturated rings. The van der Waals surface area contributed by atoms with Gasteiger partial charge in [-0.15, -0.1) is 11.3 Å². The molecular formula is C9H13N3O3S. The second kappa shape index (κ2) is 5.57. The summed E-state index contributed by atoms with van der Waals surface area (Å²) in [5.41, 5.74) is 5.69. The van der Waals surface area contributed by atoms with Crippen LogP contribution in [0, 0.1) is 0 Å². The van der Waals surface area contributed by atoms with Crippen LogP contribution in [0.15, 0.2) is 5.38 Å². The van der Waals surface area contributed by atoms with Gasteiger partial charge in [0, 0.05) is 19.0 Å². The lowest BCUT2D eigenvalue weighted by Crippen LogP contribution is -2.32. The molecule has 0 saturated heterocycles. The van der Waals surface area contributed by atoms with E-state index in [1.165, 1.54) is 30.4 Å². The van der Waals surface area contributed by atoms with E-state index in [1.807, 2.05) is 0 Å². The molecule has 1 heterocycles. The van der Waals surface area contributed by atoms with Gasteiger partial charge in [-0.05, 0) is 0 Å². The van der Waals surface area contributed by atoms with Gasteiger partial charge in [0.2, 0.25) is 0 Å². The molecule has 0 radical (unpaired) electrons. The number of likely N-dealkylation sites (N-methyl/N-ethyl adjacent to an activating group) is 1. The van der Waals surface area contributed by atoms with E-state index in [-0.39, 0.29) is 12.5 Å². The van der Waals surface area contributed by atoms with Gasteiger partial charge < -0.3 is 15.4 Å². The van der Waals surface area contributed by atoms with Gasteiger partial charge in [-0.25, -0.2) is 4.98 Å². The molecule has 1 aromatic rings. The van der Waals surface area contributed by atoms with Crippen molar-refractivity contribution in [3.63, 3.8) is 0 Å². The molecule has 0 spiro atoms. The molecule has 7 heteroatoms. The molecular weight excluding hydrogens is 230 g/mol. The Balaban J connectivity index is 2.66. The van der Waals surface area contributed by atoms with E-state index in [2.05, 4.69) is 9.72 Å². The van der Waals surface area contributed by atoms with E-state index in [0.29, 0.717) is 17.2 Å². The van der Waals surface area contributed by atoms with Crippen molar-refractivity contribution in [1.29, 1.82) is 0 Å². The van der Waals surface area contributed by atoms with Gasteiger partial charge in [-0.2, -0.15) is 0 Å². The van der Waals surface area contributed by atoms with Crippen molar-refractivity contribution in [2.24, 2.45) is 5.73 Å². The van der Waals surface area contributed by atoms with E-state index >= 15 is 0 Å². The first-order valence-corrected chi connectivity index (χ1v) is 5.43. The average molecular weight is 243 g/mol. The van der Waals surface area contributed by atoms with E-state index in [0.717, 1.165) is 0 Å². The summed E-state index contributed by atoms with van der Waals surface area (Å²) in [5.74, 6) is -0.786. The summed E-state index contributed by atoms with van der Waals surface area (Å²) in [6.07, 6.45) is 0. The van der Waals surface area contributed by atoms with Crippen LogP contribution in [-0.4, -0.2) is 42.5 Å². The van der Waals surface area contributed by atoms with Crippen molar-refractivity contribution >= 4 is 23.2 Å². The number of nitrogens with zero attached hydrogens (tertiary/aromatic N) is 2. The molecule has 0 saturated carbocycles. The molecule has 1 rings (SSSR count). The lowest BCUT2D eigenvalue weighted by molar-refractivity contribution is -0.141. The molecule has 0 unspecified atom stereocenters. The maximum absolute atomic E-state index is 11.7. The molecule has 88 valence electrons. The summed E-state index contributed by atoms with van der Waals surface area (Å²) in [4.78, 5) is 28.0. The highest BCUT2D eigenvalue weighted by Crippen LogP contribution is 2.10. The van der Waals surface area contributed by atoms with Crippen molar-refractivity contribution in [2.75, 3.05) is 20.7 Å². The number of esters is 1. The molecule has 1 amide bonds. The maximum atomic E-state index is 11.7. The zero-order chi connectivity index (χ0) is 12.1. The summed E-state index contributed by atoms with van der Waals surface area (Å²) >= 11 is 1.32. The van der Waals surface area contributed by atoms with E-state index < -0.39 is 5.97 Å².